The van der Waals surface area contributed by atoms with E-state index in [9.17, 15) is 10.1 Å². The van der Waals surface area contributed by atoms with Crippen LogP contribution in [0.5, 0.6) is 5.75 Å². The molecular formula is C19H19N5O2. The first kappa shape index (κ1) is 17.6. The molecule has 0 saturated heterocycles. The monoisotopic (exact) mass is 349 g/mol. The van der Waals surface area contributed by atoms with Crippen LogP contribution in [0.1, 0.15) is 42.4 Å². The first-order valence-corrected chi connectivity index (χ1v) is 8.66. The van der Waals surface area contributed by atoms with Crippen molar-refractivity contribution in [1.29, 1.82) is 10.5 Å². The molecule has 1 aliphatic heterocycles. The van der Waals surface area contributed by atoms with Crippen molar-refractivity contribution >= 4 is 5.78 Å². The van der Waals surface area contributed by atoms with Crippen molar-refractivity contribution in [3.8, 4) is 17.9 Å². The topological polar surface area (TPSA) is 105 Å². The average molecular weight is 349 g/mol. The van der Waals surface area contributed by atoms with Crippen LogP contribution >= 0.6 is 0 Å². The second-order valence-electron chi connectivity index (χ2n) is 6.23. The van der Waals surface area contributed by atoms with E-state index >= 15 is 0 Å². The van der Waals surface area contributed by atoms with Crippen LogP contribution in [0.15, 0.2) is 24.3 Å². The maximum absolute atomic E-state index is 12.5. The number of rotatable bonds is 6. The largest absolute Gasteiger partial charge is 0.486 e. The number of hydrogen-bond donors (Lipinski definition) is 0. The summed E-state index contributed by atoms with van der Waals surface area (Å²) in [6.07, 6.45) is 4.31. The lowest BCUT2D eigenvalue weighted by atomic mass is 10.1. The number of carbonyl (C=O) groups excluding carboxylic acids is 1. The third-order valence-electron chi connectivity index (χ3n) is 4.44. The van der Waals surface area contributed by atoms with Gasteiger partial charge in [-0.2, -0.15) is 10.5 Å². The highest BCUT2D eigenvalue weighted by atomic mass is 16.5. The predicted octanol–water partition coefficient (Wildman–Crippen LogP) is 2.33. The van der Waals surface area contributed by atoms with Gasteiger partial charge in [0.25, 0.3) is 0 Å². The van der Waals surface area contributed by atoms with Gasteiger partial charge in [0, 0.05) is 13.0 Å². The average Bonchev–Trinajstić information content (AvgIpc) is 2.90. The number of aryl methyl sites for hydroxylation is 1. The van der Waals surface area contributed by atoms with Crippen molar-refractivity contribution in [1.82, 2.24) is 14.8 Å². The summed E-state index contributed by atoms with van der Waals surface area (Å²) in [7, 11) is 0. The third kappa shape index (κ3) is 3.89. The number of ether oxygens (including phenoxy) is 1. The van der Waals surface area contributed by atoms with Gasteiger partial charge in [-0.1, -0.05) is 18.6 Å². The number of Topliss-reactive ketones (excluding diaryl/α,β-unsaturated/α-hetero) is 1. The van der Waals surface area contributed by atoms with Gasteiger partial charge in [-0.05, 0) is 30.5 Å². The van der Waals surface area contributed by atoms with Crippen LogP contribution in [-0.2, 0) is 24.2 Å². The van der Waals surface area contributed by atoms with Crippen molar-refractivity contribution in [3.05, 3.63) is 41.5 Å². The van der Waals surface area contributed by atoms with Crippen LogP contribution in [0.4, 0.5) is 0 Å². The molecule has 1 aromatic heterocycles. The Morgan fingerprint density at radius 2 is 2.00 bits per heavy atom. The minimum Gasteiger partial charge on any atom is -0.486 e. The van der Waals surface area contributed by atoms with E-state index in [1.54, 1.807) is 24.3 Å². The standard InChI is InChI=1S/C19H19N5O2/c20-10-9-14-5-7-15(8-6-14)26-13-17(25)16(12-21)19-23-22-18-4-2-1-3-11-24(18)19/h5-8,16H,1-4,9,11,13H2/t16-/m0/s1. The van der Waals surface area contributed by atoms with Gasteiger partial charge in [0.2, 0.25) is 0 Å². The maximum atomic E-state index is 12.5. The van der Waals surface area contributed by atoms with Crippen molar-refractivity contribution in [2.45, 2.75) is 44.6 Å². The van der Waals surface area contributed by atoms with Crippen molar-refractivity contribution in [2.24, 2.45) is 0 Å². The maximum Gasteiger partial charge on any atom is 0.195 e. The molecule has 1 aliphatic rings. The summed E-state index contributed by atoms with van der Waals surface area (Å²) in [5, 5.41) is 26.4. The zero-order chi connectivity index (χ0) is 18.4. The molecule has 0 amide bonds. The highest BCUT2D eigenvalue weighted by Crippen LogP contribution is 2.21. The fourth-order valence-corrected chi connectivity index (χ4v) is 3.03. The molecular weight excluding hydrogens is 330 g/mol. The Bertz CT molecular complexity index is 858. The van der Waals surface area contributed by atoms with Gasteiger partial charge in [-0.3, -0.25) is 4.79 Å². The van der Waals surface area contributed by atoms with Gasteiger partial charge in [-0.15, -0.1) is 10.2 Å². The molecule has 132 valence electrons. The Hall–Kier alpha value is -3.19. The fourth-order valence-electron chi connectivity index (χ4n) is 3.03. The molecule has 0 spiro atoms. The Labute approximate surface area is 151 Å². The van der Waals surface area contributed by atoms with E-state index in [0.29, 0.717) is 18.0 Å². The quantitative estimate of drug-likeness (QED) is 0.792. The lowest BCUT2D eigenvalue weighted by Crippen LogP contribution is -2.22. The lowest BCUT2D eigenvalue weighted by molar-refractivity contribution is -0.121. The highest BCUT2D eigenvalue weighted by molar-refractivity contribution is 5.88. The smallest absolute Gasteiger partial charge is 0.195 e. The number of fused-ring (bicyclic) bond motifs is 1. The molecule has 0 radical (unpaired) electrons. The molecule has 0 fully saturated rings. The second kappa shape index (κ2) is 8.26. The number of aromatic nitrogens is 3. The first-order chi connectivity index (χ1) is 12.7. The number of hydrogen-bond acceptors (Lipinski definition) is 6. The zero-order valence-corrected chi connectivity index (χ0v) is 14.4. The Morgan fingerprint density at radius 3 is 2.73 bits per heavy atom. The molecule has 7 nitrogen and oxygen atoms in total. The van der Waals surface area contributed by atoms with Crippen LogP contribution in [0.25, 0.3) is 0 Å². The molecule has 26 heavy (non-hydrogen) atoms. The Kier molecular flexibility index (Phi) is 5.60. The Balaban J connectivity index is 1.67. The molecule has 2 heterocycles. The molecule has 2 aromatic rings. The van der Waals surface area contributed by atoms with Gasteiger partial charge >= 0.3 is 0 Å². The van der Waals surface area contributed by atoms with E-state index < -0.39 is 5.92 Å². The lowest BCUT2D eigenvalue weighted by Gasteiger charge is -2.12. The molecule has 0 aliphatic carbocycles. The molecule has 3 rings (SSSR count). The molecule has 0 bridgehead atoms. The van der Waals surface area contributed by atoms with Gasteiger partial charge < -0.3 is 9.30 Å². The van der Waals surface area contributed by atoms with Crippen LogP contribution < -0.4 is 4.74 Å². The summed E-state index contributed by atoms with van der Waals surface area (Å²) >= 11 is 0. The van der Waals surface area contributed by atoms with Gasteiger partial charge in [-0.25, -0.2) is 0 Å². The van der Waals surface area contributed by atoms with Crippen molar-refractivity contribution in [3.63, 3.8) is 0 Å². The van der Waals surface area contributed by atoms with E-state index in [2.05, 4.69) is 16.3 Å². The number of benzene rings is 1. The minimum absolute atomic E-state index is 0.210. The highest BCUT2D eigenvalue weighted by Gasteiger charge is 2.28. The summed E-state index contributed by atoms with van der Waals surface area (Å²) < 4.78 is 7.42. The molecule has 7 heteroatoms. The van der Waals surface area contributed by atoms with E-state index in [1.165, 1.54) is 0 Å². The molecule has 0 unspecified atom stereocenters. The van der Waals surface area contributed by atoms with E-state index in [0.717, 1.165) is 43.6 Å². The van der Waals surface area contributed by atoms with Crippen molar-refractivity contribution in [2.75, 3.05) is 6.61 Å². The fraction of sp³-hybridized carbons (Fsp3) is 0.421. The predicted molar refractivity (Wildman–Crippen MR) is 92.2 cm³/mol. The SMILES string of the molecule is N#CCc1ccc(OCC(=O)[C@H](C#N)c2nnc3n2CCCCC3)cc1. The molecule has 0 saturated carbocycles. The molecule has 1 aromatic carbocycles. The van der Waals surface area contributed by atoms with Crippen LogP contribution in [-0.4, -0.2) is 27.2 Å². The summed E-state index contributed by atoms with van der Waals surface area (Å²) in [5.41, 5.74) is 0.882. The van der Waals surface area contributed by atoms with Gasteiger partial charge in [0.1, 0.15) is 18.2 Å². The zero-order valence-electron chi connectivity index (χ0n) is 14.4. The summed E-state index contributed by atoms with van der Waals surface area (Å²) in [6, 6.07) is 11.1. The van der Waals surface area contributed by atoms with E-state index in [4.69, 9.17) is 10.00 Å². The number of carbonyl (C=O) groups is 1. The molecule has 1 atom stereocenters. The summed E-state index contributed by atoms with van der Waals surface area (Å²) in [5.74, 6) is 0.471. The van der Waals surface area contributed by atoms with Crippen LogP contribution in [0.2, 0.25) is 0 Å². The second-order valence-corrected chi connectivity index (χ2v) is 6.23. The number of ketones is 1. The summed E-state index contributed by atoms with van der Waals surface area (Å²) in [4.78, 5) is 12.5. The van der Waals surface area contributed by atoms with Gasteiger partial charge in [0.05, 0.1) is 18.6 Å². The van der Waals surface area contributed by atoms with Gasteiger partial charge in [0.15, 0.2) is 17.5 Å². The number of nitriles is 2. The van der Waals surface area contributed by atoms with E-state index in [1.807, 2.05) is 10.6 Å². The minimum atomic E-state index is -0.979. The Morgan fingerprint density at radius 1 is 1.19 bits per heavy atom. The summed E-state index contributed by atoms with van der Waals surface area (Å²) in [6.45, 7) is 0.530. The first-order valence-electron chi connectivity index (χ1n) is 8.66. The number of nitrogens with zero attached hydrogens (tertiary/aromatic N) is 5. The van der Waals surface area contributed by atoms with E-state index in [-0.39, 0.29) is 12.4 Å². The normalized spacial score (nSPS) is 14.4. The molecule has 0 N–H and O–H groups in total. The van der Waals surface area contributed by atoms with Crippen molar-refractivity contribution < 1.29 is 9.53 Å². The third-order valence-corrected chi connectivity index (χ3v) is 4.44. The van der Waals surface area contributed by atoms with Crippen LogP contribution in [0.3, 0.4) is 0 Å². The van der Waals surface area contributed by atoms with Crippen LogP contribution in [0, 0.1) is 22.7 Å².